The topological polar surface area (TPSA) is 30.7 Å². The van der Waals surface area contributed by atoms with Gasteiger partial charge in [-0.2, -0.15) is 5.10 Å². The Balaban J connectivity index is 2.02. The first-order valence-corrected chi connectivity index (χ1v) is 7.77. The Kier molecular flexibility index (Phi) is 3.86. The van der Waals surface area contributed by atoms with Gasteiger partial charge in [-0.3, -0.25) is 9.67 Å². The van der Waals surface area contributed by atoms with Crippen LogP contribution >= 0.6 is 0 Å². The molecule has 1 fully saturated rings. The van der Waals surface area contributed by atoms with E-state index in [1.54, 1.807) is 0 Å². The second kappa shape index (κ2) is 5.78. The number of rotatable bonds is 3. The lowest BCUT2D eigenvalue weighted by Crippen LogP contribution is -2.07. The number of hydrogen-bond donors (Lipinski definition) is 0. The number of nitrogens with zero attached hydrogens (tertiary/aromatic N) is 3. The Morgan fingerprint density at radius 1 is 1.20 bits per heavy atom. The minimum atomic E-state index is 0.632. The standard InChI is InChI=1S/C17H23N3/c1-3-20-12-16(15-9-13(2)10-18-11-15)17(19-20)14-7-5-4-6-8-14/h9-12,14H,3-8H2,1-2H3. The molecule has 2 aromatic rings. The predicted octanol–water partition coefficient (Wildman–Crippen LogP) is 4.32. The van der Waals surface area contributed by atoms with Gasteiger partial charge in [-0.15, -0.1) is 0 Å². The average Bonchev–Trinajstić information content (AvgIpc) is 2.92. The first-order valence-electron chi connectivity index (χ1n) is 7.77. The van der Waals surface area contributed by atoms with Gasteiger partial charge in [0.05, 0.1) is 5.69 Å². The minimum absolute atomic E-state index is 0.632. The Bertz CT molecular complexity index is 580. The molecule has 1 saturated carbocycles. The SMILES string of the molecule is CCn1cc(-c2cncc(C)c2)c(C2CCCCC2)n1. The van der Waals surface area contributed by atoms with Crippen molar-refractivity contribution in [2.24, 2.45) is 0 Å². The third-order valence-corrected chi connectivity index (χ3v) is 4.29. The lowest BCUT2D eigenvalue weighted by molar-refractivity contribution is 0.432. The van der Waals surface area contributed by atoms with E-state index in [1.165, 1.54) is 54.5 Å². The number of pyridine rings is 1. The fourth-order valence-corrected chi connectivity index (χ4v) is 3.20. The van der Waals surface area contributed by atoms with Crippen LogP contribution in [0, 0.1) is 6.92 Å². The van der Waals surface area contributed by atoms with Gasteiger partial charge in [0.15, 0.2) is 0 Å². The molecule has 0 aliphatic heterocycles. The monoisotopic (exact) mass is 269 g/mol. The summed E-state index contributed by atoms with van der Waals surface area (Å²) in [5, 5.41) is 4.85. The van der Waals surface area contributed by atoms with Gasteiger partial charge < -0.3 is 0 Å². The zero-order chi connectivity index (χ0) is 13.9. The van der Waals surface area contributed by atoms with Gasteiger partial charge in [-0.1, -0.05) is 19.3 Å². The molecule has 1 aliphatic carbocycles. The highest BCUT2D eigenvalue weighted by atomic mass is 15.3. The van der Waals surface area contributed by atoms with E-state index in [0.717, 1.165) is 6.54 Å². The highest BCUT2D eigenvalue weighted by molar-refractivity contribution is 5.65. The van der Waals surface area contributed by atoms with Crippen LogP contribution in [0.25, 0.3) is 11.1 Å². The van der Waals surface area contributed by atoms with Gasteiger partial charge in [0.25, 0.3) is 0 Å². The average molecular weight is 269 g/mol. The zero-order valence-corrected chi connectivity index (χ0v) is 12.5. The molecule has 0 atom stereocenters. The van der Waals surface area contributed by atoms with Crippen molar-refractivity contribution in [1.29, 1.82) is 0 Å². The predicted molar refractivity (Wildman–Crippen MR) is 81.7 cm³/mol. The molecule has 1 aliphatic rings. The molecule has 0 radical (unpaired) electrons. The van der Waals surface area contributed by atoms with Crippen molar-refractivity contribution in [2.75, 3.05) is 0 Å². The Morgan fingerprint density at radius 3 is 2.70 bits per heavy atom. The van der Waals surface area contributed by atoms with E-state index in [4.69, 9.17) is 5.10 Å². The lowest BCUT2D eigenvalue weighted by atomic mass is 9.85. The third kappa shape index (κ3) is 2.62. The number of aryl methyl sites for hydroxylation is 2. The maximum Gasteiger partial charge on any atom is 0.0734 e. The highest BCUT2D eigenvalue weighted by Gasteiger charge is 2.22. The van der Waals surface area contributed by atoms with Crippen molar-refractivity contribution >= 4 is 0 Å². The molecule has 0 bridgehead atoms. The summed E-state index contributed by atoms with van der Waals surface area (Å²) in [6.45, 7) is 5.18. The largest absolute Gasteiger partial charge is 0.272 e. The molecular formula is C17H23N3. The number of aromatic nitrogens is 3. The van der Waals surface area contributed by atoms with Gasteiger partial charge in [-0.25, -0.2) is 0 Å². The van der Waals surface area contributed by atoms with E-state index in [0.29, 0.717) is 5.92 Å². The van der Waals surface area contributed by atoms with Crippen LogP contribution in [0.4, 0.5) is 0 Å². The Labute approximate surface area is 121 Å². The summed E-state index contributed by atoms with van der Waals surface area (Å²) < 4.78 is 2.07. The summed E-state index contributed by atoms with van der Waals surface area (Å²) >= 11 is 0. The molecule has 3 rings (SSSR count). The molecule has 106 valence electrons. The van der Waals surface area contributed by atoms with Crippen LogP contribution in [-0.2, 0) is 6.54 Å². The molecule has 0 unspecified atom stereocenters. The molecule has 2 heterocycles. The van der Waals surface area contributed by atoms with Crippen LogP contribution in [0.15, 0.2) is 24.7 Å². The van der Waals surface area contributed by atoms with E-state index < -0.39 is 0 Å². The number of hydrogen-bond acceptors (Lipinski definition) is 2. The van der Waals surface area contributed by atoms with E-state index >= 15 is 0 Å². The van der Waals surface area contributed by atoms with Crippen molar-refractivity contribution in [1.82, 2.24) is 14.8 Å². The first kappa shape index (κ1) is 13.3. The maximum absolute atomic E-state index is 4.85. The van der Waals surface area contributed by atoms with Gasteiger partial charge in [-0.05, 0) is 38.3 Å². The van der Waals surface area contributed by atoms with Crippen LogP contribution in [0.1, 0.15) is 56.2 Å². The normalized spacial score (nSPS) is 16.5. The van der Waals surface area contributed by atoms with Crippen molar-refractivity contribution < 1.29 is 0 Å². The molecule has 0 aromatic carbocycles. The molecule has 0 N–H and O–H groups in total. The molecule has 20 heavy (non-hydrogen) atoms. The van der Waals surface area contributed by atoms with E-state index in [2.05, 4.69) is 35.8 Å². The summed E-state index contributed by atoms with van der Waals surface area (Å²) in [6.07, 6.45) is 12.7. The fraction of sp³-hybridized carbons (Fsp3) is 0.529. The molecule has 3 nitrogen and oxygen atoms in total. The first-order chi connectivity index (χ1) is 9.78. The molecule has 0 spiro atoms. The summed E-state index contributed by atoms with van der Waals surface area (Å²) in [5.41, 5.74) is 5.00. The fourth-order valence-electron chi connectivity index (χ4n) is 3.20. The van der Waals surface area contributed by atoms with Gasteiger partial charge >= 0.3 is 0 Å². The summed E-state index contributed by atoms with van der Waals surface area (Å²) in [5.74, 6) is 0.632. The Hall–Kier alpha value is -1.64. The second-order valence-electron chi connectivity index (χ2n) is 5.87. The van der Waals surface area contributed by atoms with Crippen molar-refractivity contribution in [2.45, 2.75) is 58.4 Å². The summed E-state index contributed by atoms with van der Waals surface area (Å²) in [4.78, 5) is 4.34. The van der Waals surface area contributed by atoms with Gasteiger partial charge in [0, 0.05) is 42.2 Å². The highest BCUT2D eigenvalue weighted by Crippen LogP contribution is 2.37. The van der Waals surface area contributed by atoms with Gasteiger partial charge in [0.2, 0.25) is 0 Å². The summed E-state index contributed by atoms with van der Waals surface area (Å²) in [7, 11) is 0. The van der Waals surface area contributed by atoms with Crippen LogP contribution in [0.5, 0.6) is 0 Å². The van der Waals surface area contributed by atoms with E-state index in [-0.39, 0.29) is 0 Å². The van der Waals surface area contributed by atoms with Crippen LogP contribution in [0.3, 0.4) is 0 Å². The molecule has 3 heteroatoms. The van der Waals surface area contributed by atoms with Crippen molar-refractivity contribution in [3.8, 4) is 11.1 Å². The molecule has 0 amide bonds. The second-order valence-corrected chi connectivity index (χ2v) is 5.87. The van der Waals surface area contributed by atoms with E-state index in [9.17, 15) is 0 Å². The lowest BCUT2D eigenvalue weighted by Gasteiger charge is -2.21. The van der Waals surface area contributed by atoms with Crippen LogP contribution < -0.4 is 0 Å². The summed E-state index contributed by atoms with van der Waals surface area (Å²) in [6, 6.07) is 2.22. The molecular weight excluding hydrogens is 246 g/mol. The van der Waals surface area contributed by atoms with Crippen molar-refractivity contribution in [3.63, 3.8) is 0 Å². The van der Waals surface area contributed by atoms with Crippen LogP contribution in [0.2, 0.25) is 0 Å². The minimum Gasteiger partial charge on any atom is -0.272 e. The van der Waals surface area contributed by atoms with E-state index in [1.807, 2.05) is 12.4 Å². The molecule has 2 aromatic heterocycles. The zero-order valence-electron chi connectivity index (χ0n) is 12.5. The smallest absolute Gasteiger partial charge is 0.0734 e. The van der Waals surface area contributed by atoms with Crippen molar-refractivity contribution in [3.05, 3.63) is 35.9 Å². The van der Waals surface area contributed by atoms with Crippen LogP contribution in [-0.4, -0.2) is 14.8 Å². The third-order valence-electron chi connectivity index (χ3n) is 4.29. The maximum atomic E-state index is 4.85. The quantitative estimate of drug-likeness (QED) is 0.830. The Morgan fingerprint density at radius 2 is 2.00 bits per heavy atom. The van der Waals surface area contributed by atoms with Gasteiger partial charge in [0.1, 0.15) is 0 Å². The molecule has 0 saturated heterocycles.